The first kappa shape index (κ1) is 85.3. The lowest BCUT2D eigenvalue weighted by molar-refractivity contribution is -0.148. The number of esters is 1. The van der Waals surface area contributed by atoms with Gasteiger partial charge in [0.05, 0.1) is 63.3 Å². The molecule has 0 saturated carbocycles. The van der Waals surface area contributed by atoms with Crippen LogP contribution in [0.15, 0.2) is 128 Å². The lowest BCUT2D eigenvalue weighted by Crippen LogP contribution is -2.40. The molecule has 566 valence electrons. The SMILES string of the molecule is CCS(=O)(=O)c1cccnc1S(=O)(=O)NC(=O)Nc1nc(OC)cc(OC)n1.CCc1ccc(COc2ccc(-n3c(=O)cc(C(F)(F)F)n(C)c3=O)cc2)c(OC(C)C(=O)OC)c1.O=C(Nc1nc(OC(F)F)cc(OC(F)F)n1)NS(=O)(=O)c1ccccc1C(=O)O.O=C(O)CNCP(=O)(O)O. The molecule has 4 heterocycles. The van der Waals surface area contributed by atoms with Crippen molar-refractivity contribution in [1.82, 2.24) is 48.8 Å². The number of hydrogen-bond donors (Lipinski definition) is 9. The first-order valence-corrected chi connectivity index (χ1v) is 34.8. The number of methoxy groups -OCH3 is 3. The van der Waals surface area contributed by atoms with Crippen LogP contribution in [0.25, 0.3) is 5.69 Å². The van der Waals surface area contributed by atoms with E-state index in [1.807, 2.05) is 25.1 Å². The quantitative estimate of drug-likeness (QED) is 0.0194. The third-order valence-corrected chi connectivity index (χ3v) is 17.5. The number of aliphatic carboxylic acids is 1. The number of ether oxygens (including phenoxy) is 7. The summed E-state index contributed by atoms with van der Waals surface area (Å²) in [5.74, 6) is -5.81. The number of carboxylic acid groups (broad SMARTS) is 2. The molecule has 104 heavy (non-hydrogen) atoms. The van der Waals surface area contributed by atoms with Crippen molar-refractivity contribution in [3.63, 3.8) is 0 Å². The zero-order chi connectivity index (χ0) is 78.2. The second kappa shape index (κ2) is 37.7. The van der Waals surface area contributed by atoms with Gasteiger partial charge in [-0.2, -0.15) is 59.1 Å². The second-order valence-corrected chi connectivity index (χ2v) is 26.7. The summed E-state index contributed by atoms with van der Waals surface area (Å²) < 4.78 is 210. The van der Waals surface area contributed by atoms with E-state index in [4.69, 9.17) is 43.7 Å². The molecule has 0 aliphatic heterocycles. The maximum absolute atomic E-state index is 13.1. The highest BCUT2D eigenvalue weighted by Crippen LogP contribution is 2.32. The molecule has 0 radical (unpaired) electrons. The molecule has 3 aromatic carbocycles. The second-order valence-electron chi connectivity index (χ2n) is 19.6. The van der Waals surface area contributed by atoms with Gasteiger partial charge in [0, 0.05) is 24.9 Å². The van der Waals surface area contributed by atoms with Gasteiger partial charge in [-0.25, -0.2) is 59.8 Å². The van der Waals surface area contributed by atoms with Crippen molar-refractivity contribution in [2.75, 3.05) is 50.5 Å². The molecular weight excluding hydrogens is 1500 g/mol. The molecule has 0 aliphatic rings. The molecule has 0 saturated heterocycles. The monoisotopic (exact) mass is 1560 g/mol. The minimum Gasteiger partial charge on any atom is -0.489 e. The lowest BCUT2D eigenvalue weighted by Gasteiger charge is -2.17. The van der Waals surface area contributed by atoms with Gasteiger partial charge in [-0.1, -0.05) is 38.1 Å². The largest absolute Gasteiger partial charge is 0.489 e. The lowest BCUT2D eigenvalue weighted by atomic mass is 10.1. The van der Waals surface area contributed by atoms with Crippen molar-refractivity contribution in [3.05, 3.63) is 146 Å². The predicted molar refractivity (Wildman–Crippen MR) is 342 cm³/mol. The molecule has 7 rings (SSSR count). The van der Waals surface area contributed by atoms with Gasteiger partial charge in [-0.15, -0.1) is 0 Å². The first-order valence-electron chi connectivity index (χ1n) is 28.4. The van der Waals surface area contributed by atoms with E-state index < -0.39 is 161 Å². The Labute approximate surface area is 582 Å². The number of nitrogens with zero attached hydrogens (tertiary/aromatic N) is 7. The summed E-state index contributed by atoms with van der Waals surface area (Å²) in [4.78, 5) is 114. The van der Waals surface area contributed by atoms with Crippen LogP contribution in [-0.4, -0.2) is 169 Å². The molecule has 48 heteroatoms. The van der Waals surface area contributed by atoms with E-state index in [0.29, 0.717) is 38.3 Å². The summed E-state index contributed by atoms with van der Waals surface area (Å²) in [5.41, 5.74) is -2.45. The molecule has 0 spiro atoms. The number of aromatic carboxylic acids is 1. The van der Waals surface area contributed by atoms with E-state index in [9.17, 15) is 94.1 Å². The summed E-state index contributed by atoms with van der Waals surface area (Å²) >= 11 is 0. The number of urea groups is 2. The summed E-state index contributed by atoms with van der Waals surface area (Å²) in [6, 6.07) is 17.4. The number of aryl methyl sites for hydroxylation is 1. The van der Waals surface area contributed by atoms with Gasteiger partial charge in [0.15, 0.2) is 21.0 Å². The standard InChI is InChI=1S/C25H25F3N2O6.C14H10F4N4O7S.C14H17N5O7S2.C3H8NO5P/c1-5-16-6-7-17(20(12-16)36-15(2)23(32)34-4)14-35-19-10-8-18(9-11-19)30-22(31)13-21(25(26,27)28)29(3)24(30)33;15-11(16)28-8-5-9(29-12(17)18)20-13(19-8)21-14(25)22-30(26,27)7-4-2-1-3-6(7)10(23)24;1-4-27(21,22)9-6-5-7-15-12(9)28(23,24)19-14(20)18-13-16-10(25-2)8-11(17-13)26-3;5-3(6)1-4-2-10(7,8)9/h6-13,15H,5,14H2,1-4H3;1-5,11-12H,(H,23,24)(H2,19,20,21,22,25);5-8H,4H2,1-3H3,(H2,16,17,18,19,20);4H,1-2H2,(H,5,6)(H2,7,8,9). The van der Waals surface area contributed by atoms with E-state index in [2.05, 4.69) is 45.0 Å². The van der Waals surface area contributed by atoms with Gasteiger partial charge in [0.25, 0.3) is 25.6 Å². The Bertz CT molecular complexity index is 4700. The normalized spacial score (nSPS) is 11.7. The molecule has 1 atom stereocenters. The number of sulfonamides is 2. The van der Waals surface area contributed by atoms with Crippen LogP contribution in [0.2, 0.25) is 0 Å². The minimum absolute atomic E-state index is 0.0612. The Hall–Kier alpha value is -11.1. The van der Waals surface area contributed by atoms with E-state index in [1.165, 1.54) is 81.5 Å². The first-order chi connectivity index (χ1) is 48.5. The molecule has 7 aromatic rings. The number of pyridine rings is 1. The summed E-state index contributed by atoms with van der Waals surface area (Å²) in [6.45, 7) is -2.27. The van der Waals surface area contributed by atoms with Gasteiger partial charge < -0.3 is 53.2 Å². The summed E-state index contributed by atoms with van der Waals surface area (Å²) in [5, 5.41) is 22.1. The van der Waals surface area contributed by atoms with Gasteiger partial charge >= 0.3 is 62.7 Å². The minimum atomic E-state index is -4.84. The van der Waals surface area contributed by atoms with E-state index in [-0.39, 0.29) is 35.8 Å². The van der Waals surface area contributed by atoms with Crippen LogP contribution in [0.1, 0.15) is 48.0 Å². The van der Waals surface area contributed by atoms with Gasteiger partial charge in [-0.05, 0) is 73.5 Å². The zero-order valence-corrected chi connectivity index (χ0v) is 57.7. The number of amides is 4. The number of carbonyl (C=O) groups is 5. The molecule has 0 aliphatic carbocycles. The number of benzene rings is 3. The Balaban J connectivity index is 0.000000311. The fraction of sp³-hybridized carbons (Fsp3) is 0.286. The van der Waals surface area contributed by atoms with Crippen LogP contribution >= 0.6 is 7.60 Å². The number of aromatic nitrogens is 7. The third kappa shape index (κ3) is 26.4. The average molecular weight is 1560 g/mol. The Morgan fingerprint density at radius 1 is 0.683 bits per heavy atom. The average Bonchev–Trinajstić information content (AvgIpc) is 0.784. The molecule has 37 nitrogen and oxygen atoms in total. The van der Waals surface area contributed by atoms with Crippen molar-refractivity contribution in [1.29, 1.82) is 0 Å². The van der Waals surface area contributed by atoms with E-state index >= 15 is 0 Å². The van der Waals surface area contributed by atoms with Gasteiger partial charge in [-0.3, -0.25) is 34.7 Å². The number of sulfone groups is 1. The Kier molecular flexibility index (Phi) is 30.9. The van der Waals surface area contributed by atoms with Crippen LogP contribution in [0.5, 0.6) is 35.0 Å². The van der Waals surface area contributed by atoms with Crippen molar-refractivity contribution >= 4 is 79.3 Å². The number of halogens is 7. The zero-order valence-electron chi connectivity index (χ0n) is 54.4. The number of hydrogen-bond acceptors (Lipinski definition) is 27. The van der Waals surface area contributed by atoms with E-state index in [1.54, 1.807) is 17.0 Å². The van der Waals surface area contributed by atoms with Gasteiger partial charge in [0.2, 0.25) is 35.4 Å². The molecule has 0 bridgehead atoms. The highest BCUT2D eigenvalue weighted by molar-refractivity contribution is 7.93. The Morgan fingerprint density at radius 3 is 1.70 bits per heavy atom. The molecular formula is C56H60F7N12O25PS3. The fourth-order valence-corrected chi connectivity index (χ4v) is 11.7. The molecule has 0 fully saturated rings. The highest BCUT2D eigenvalue weighted by Gasteiger charge is 2.35. The number of alkyl halides is 7. The smallest absolute Gasteiger partial charge is 0.431 e. The summed E-state index contributed by atoms with van der Waals surface area (Å²) in [6.07, 6.45) is -4.41. The molecule has 4 aromatic heterocycles. The van der Waals surface area contributed by atoms with Crippen molar-refractivity contribution in [3.8, 4) is 40.7 Å². The summed E-state index contributed by atoms with van der Waals surface area (Å²) in [7, 11) is -12.4. The number of nitrogens with one attached hydrogen (secondary N) is 5. The molecule has 4 amide bonds. The number of carbonyl (C=O) groups excluding carboxylic acids is 3. The fourth-order valence-electron chi connectivity index (χ4n) is 7.63. The Morgan fingerprint density at radius 2 is 1.21 bits per heavy atom. The maximum atomic E-state index is 13.1. The van der Waals surface area contributed by atoms with Crippen molar-refractivity contribution in [2.45, 2.75) is 74.1 Å². The number of carboxylic acids is 2. The highest BCUT2D eigenvalue weighted by atomic mass is 32.2. The van der Waals surface area contributed by atoms with Crippen molar-refractivity contribution in [2.24, 2.45) is 7.05 Å². The predicted octanol–water partition coefficient (Wildman–Crippen LogP) is 4.51. The molecule has 9 N–H and O–H groups in total. The van der Waals surface area contributed by atoms with Crippen LogP contribution in [-0.2, 0) is 75.0 Å². The third-order valence-electron chi connectivity index (χ3n) is 12.3. The maximum Gasteiger partial charge on any atom is 0.431 e. The van der Waals surface area contributed by atoms with Crippen LogP contribution in [0.4, 0.5) is 52.2 Å². The number of rotatable bonds is 27. The van der Waals surface area contributed by atoms with E-state index in [0.717, 1.165) is 43.4 Å². The van der Waals surface area contributed by atoms with Crippen LogP contribution < -0.4 is 65.1 Å². The van der Waals surface area contributed by atoms with Crippen LogP contribution in [0.3, 0.4) is 0 Å². The van der Waals surface area contributed by atoms with Crippen molar-refractivity contribution < 1.29 is 138 Å². The van der Waals surface area contributed by atoms with Crippen LogP contribution in [0, 0.1) is 0 Å². The molecule has 1 unspecified atom stereocenters. The number of anilines is 2. The topological polar surface area (TPSA) is 519 Å². The van der Waals surface area contributed by atoms with Gasteiger partial charge in [0.1, 0.15) is 33.6 Å².